The van der Waals surface area contributed by atoms with Gasteiger partial charge in [0.05, 0.1) is 5.69 Å². The predicted octanol–water partition coefficient (Wildman–Crippen LogP) is 2.65. The molecule has 176 valence electrons. The number of Topliss-reactive ketones (excluding diaryl/α,β-unsaturated/α-hetero) is 1. The standard InChI is InChI=1S/C26H22N4O5/c27-13-22(30-24(32)17-8-6-16(7-9-17)15-4-2-1-3-5-15)25(33)29-18-10-11-21-19(12-18)23(31)20(14-28-21)26(34)35/h1-12,14,20,22H,13,27H2,(H,29,33)(H,30,32)(H,34,35)/t20?,22-/m0/s1. The van der Waals surface area contributed by atoms with Gasteiger partial charge in [-0.15, -0.1) is 0 Å². The van der Waals surface area contributed by atoms with Gasteiger partial charge in [0.15, 0.2) is 11.7 Å². The van der Waals surface area contributed by atoms with Crippen LogP contribution in [0.3, 0.4) is 0 Å². The van der Waals surface area contributed by atoms with Crippen molar-refractivity contribution in [3.63, 3.8) is 0 Å². The number of amides is 2. The summed E-state index contributed by atoms with van der Waals surface area (Å²) < 4.78 is 0. The second kappa shape index (κ2) is 10.1. The zero-order valence-corrected chi connectivity index (χ0v) is 18.5. The number of rotatable bonds is 7. The monoisotopic (exact) mass is 470 g/mol. The van der Waals surface area contributed by atoms with E-state index < -0.39 is 35.5 Å². The Morgan fingerprint density at radius 3 is 2.31 bits per heavy atom. The van der Waals surface area contributed by atoms with Gasteiger partial charge in [-0.05, 0) is 41.5 Å². The number of nitrogens with two attached hydrogens (primary N) is 1. The molecule has 0 aliphatic carbocycles. The van der Waals surface area contributed by atoms with Crippen molar-refractivity contribution in [1.82, 2.24) is 5.32 Å². The molecule has 3 aromatic carbocycles. The first kappa shape index (κ1) is 23.5. The Morgan fingerprint density at radius 1 is 0.971 bits per heavy atom. The minimum atomic E-state index is -1.38. The first-order valence-electron chi connectivity index (χ1n) is 10.8. The number of carboxylic acids is 1. The summed E-state index contributed by atoms with van der Waals surface area (Å²) in [6, 6.07) is 20.0. The van der Waals surface area contributed by atoms with Crippen molar-refractivity contribution < 1.29 is 24.3 Å². The van der Waals surface area contributed by atoms with Crippen LogP contribution in [0.1, 0.15) is 20.7 Å². The lowest BCUT2D eigenvalue weighted by Gasteiger charge is -2.18. The van der Waals surface area contributed by atoms with E-state index in [-0.39, 0.29) is 17.8 Å². The topological polar surface area (TPSA) is 151 Å². The molecule has 1 unspecified atom stereocenters. The maximum atomic E-state index is 12.8. The maximum Gasteiger partial charge on any atom is 0.319 e. The molecule has 1 aliphatic rings. The van der Waals surface area contributed by atoms with E-state index in [4.69, 9.17) is 10.8 Å². The SMILES string of the molecule is NC[C@H](NC(=O)c1ccc(-c2ccccc2)cc1)C(=O)Nc1ccc2c(c1)C(=O)C(C(=O)O)C=N2. The van der Waals surface area contributed by atoms with E-state index in [1.165, 1.54) is 18.2 Å². The Labute approximate surface area is 200 Å². The summed E-state index contributed by atoms with van der Waals surface area (Å²) in [6.45, 7) is -0.158. The van der Waals surface area contributed by atoms with E-state index >= 15 is 0 Å². The molecule has 4 rings (SSSR count). The molecule has 2 atom stereocenters. The molecule has 3 aromatic rings. The molecule has 5 N–H and O–H groups in total. The van der Waals surface area contributed by atoms with Gasteiger partial charge < -0.3 is 21.5 Å². The number of hydrogen-bond donors (Lipinski definition) is 4. The largest absolute Gasteiger partial charge is 0.480 e. The third-order valence-electron chi connectivity index (χ3n) is 5.55. The van der Waals surface area contributed by atoms with Crippen molar-refractivity contribution in [2.45, 2.75) is 6.04 Å². The molecule has 0 saturated heterocycles. The fourth-order valence-corrected chi connectivity index (χ4v) is 3.64. The van der Waals surface area contributed by atoms with Gasteiger partial charge in [-0.3, -0.25) is 24.2 Å². The van der Waals surface area contributed by atoms with Gasteiger partial charge in [0, 0.05) is 29.6 Å². The minimum absolute atomic E-state index is 0.0875. The second-order valence-corrected chi connectivity index (χ2v) is 7.88. The summed E-state index contributed by atoms with van der Waals surface area (Å²) in [6.07, 6.45) is 1.08. The van der Waals surface area contributed by atoms with Gasteiger partial charge in [0.2, 0.25) is 5.91 Å². The Bertz CT molecular complexity index is 1320. The third kappa shape index (κ3) is 5.15. The molecule has 2 amide bonds. The van der Waals surface area contributed by atoms with Crippen LogP contribution in [0.2, 0.25) is 0 Å². The third-order valence-corrected chi connectivity index (χ3v) is 5.55. The van der Waals surface area contributed by atoms with E-state index in [9.17, 15) is 19.2 Å². The van der Waals surface area contributed by atoms with E-state index in [0.717, 1.165) is 17.3 Å². The summed E-state index contributed by atoms with van der Waals surface area (Å²) in [4.78, 5) is 53.1. The van der Waals surface area contributed by atoms with Crippen LogP contribution in [0.4, 0.5) is 11.4 Å². The van der Waals surface area contributed by atoms with E-state index in [1.54, 1.807) is 12.1 Å². The number of fused-ring (bicyclic) bond motifs is 1. The van der Waals surface area contributed by atoms with Crippen molar-refractivity contribution in [2.24, 2.45) is 16.6 Å². The minimum Gasteiger partial charge on any atom is -0.480 e. The number of anilines is 1. The molecule has 1 heterocycles. The first-order valence-corrected chi connectivity index (χ1v) is 10.8. The van der Waals surface area contributed by atoms with Gasteiger partial charge in [0.25, 0.3) is 5.91 Å². The van der Waals surface area contributed by atoms with Gasteiger partial charge in [-0.25, -0.2) is 0 Å². The zero-order valence-electron chi connectivity index (χ0n) is 18.5. The lowest BCUT2D eigenvalue weighted by Crippen LogP contribution is -2.48. The summed E-state index contributed by atoms with van der Waals surface area (Å²) in [7, 11) is 0. The highest BCUT2D eigenvalue weighted by atomic mass is 16.4. The molecule has 9 nitrogen and oxygen atoms in total. The van der Waals surface area contributed by atoms with Gasteiger partial charge in [-0.1, -0.05) is 42.5 Å². The van der Waals surface area contributed by atoms with Crippen LogP contribution in [-0.4, -0.2) is 47.5 Å². The lowest BCUT2D eigenvalue weighted by atomic mass is 9.94. The molecule has 0 spiro atoms. The highest BCUT2D eigenvalue weighted by Gasteiger charge is 2.31. The van der Waals surface area contributed by atoms with Gasteiger partial charge in [0.1, 0.15) is 6.04 Å². The number of hydrogen-bond acceptors (Lipinski definition) is 6. The molecule has 1 aliphatic heterocycles. The number of carbonyl (C=O) groups is 4. The fraction of sp³-hybridized carbons (Fsp3) is 0.115. The fourth-order valence-electron chi connectivity index (χ4n) is 3.64. The molecule has 0 radical (unpaired) electrons. The van der Waals surface area contributed by atoms with Crippen molar-refractivity contribution >= 4 is 41.2 Å². The van der Waals surface area contributed by atoms with E-state index in [0.29, 0.717) is 11.3 Å². The number of carboxylic acid groups (broad SMARTS) is 1. The van der Waals surface area contributed by atoms with Gasteiger partial charge >= 0.3 is 5.97 Å². The molecule has 35 heavy (non-hydrogen) atoms. The molecule has 0 fully saturated rings. The number of nitrogens with one attached hydrogen (secondary N) is 2. The van der Waals surface area contributed by atoms with Crippen LogP contribution in [0.5, 0.6) is 0 Å². The molecule has 9 heteroatoms. The summed E-state index contributed by atoms with van der Waals surface area (Å²) in [5.41, 5.74) is 8.71. The average molecular weight is 470 g/mol. The highest BCUT2D eigenvalue weighted by molar-refractivity contribution is 6.22. The van der Waals surface area contributed by atoms with Crippen LogP contribution in [0, 0.1) is 5.92 Å². The number of benzene rings is 3. The predicted molar refractivity (Wildman–Crippen MR) is 131 cm³/mol. The number of aliphatic carboxylic acids is 1. The van der Waals surface area contributed by atoms with Gasteiger partial charge in [-0.2, -0.15) is 0 Å². The normalized spacial score (nSPS) is 15.1. The maximum absolute atomic E-state index is 12.8. The lowest BCUT2D eigenvalue weighted by molar-refractivity contribution is -0.137. The zero-order chi connectivity index (χ0) is 24.9. The van der Waals surface area contributed by atoms with E-state index in [1.807, 2.05) is 42.5 Å². The van der Waals surface area contributed by atoms with Crippen LogP contribution in [0.25, 0.3) is 11.1 Å². The van der Waals surface area contributed by atoms with Crippen molar-refractivity contribution in [3.8, 4) is 11.1 Å². The van der Waals surface area contributed by atoms with Crippen LogP contribution in [-0.2, 0) is 9.59 Å². The summed E-state index contributed by atoms with van der Waals surface area (Å²) in [5, 5.41) is 14.4. The number of nitrogens with zero attached hydrogens (tertiary/aromatic N) is 1. The Kier molecular flexibility index (Phi) is 6.79. The van der Waals surface area contributed by atoms with E-state index in [2.05, 4.69) is 15.6 Å². The molecular formula is C26H22N4O5. The smallest absolute Gasteiger partial charge is 0.319 e. The molecule has 0 aromatic heterocycles. The second-order valence-electron chi connectivity index (χ2n) is 7.88. The van der Waals surface area contributed by atoms with Crippen LogP contribution >= 0.6 is 0 Å². The highest BCUT2D eigenvalue weighted by Crippen LogP contribution is 2.29. The molecular weight excluding hydrogens is 448 g/mol. The molecule has 0 saturated carbocycles. The number of carbonyl (C=O) groups excluding carboxylic acids is 3. The Balaban J connectivity index is 1.43. The first-order chi connectivity index (χ1) is 16.9. The Hall–Kier alpha value is -4.63. The van der Waals surface area contributed by atoms with Crippen molar-refractivity contribution in [1.29, 1.82) is 0 Å². The molecule has 0 bridgehead atoms. The van der Waals surface area contributed by atoms with Crippen molar-refractivity contribution in [3.05, 3.63) is 83.9 Å². The summed E-state index contributed by atoms with van der Waals surface area (Å²) in [5.74, 6) is -4.35. The number of aliphatic imine (C=N–C) groups is 1. The Morgan fingerprint density at radius 2 is 1.66 bits per heavy atom. The summed E-state index contributed by atoms with van der Waals surface area (Å²) >= 11 is 0. The van der Waals surface area contributed by atoms with Crippen molar-refractivity contribution in [2.75, 3.05) is 11.9 Å². The quantitative estimate of drug-likeness (QED) is 0.390. The van der Waals surface area contributed by atoms with Crippen LogP contribution < -0.4 is 16.4 Å². The number of ketones is 1. The van der Waals surface area contributed by atoms with Crippen LogP contribution in [0.15, 0.2) is 77.8 Å². The average Bonchev–Trinajstić information content (AvgIpc) is 2.88.